The molecule has 0 aromatic carbocycles. The average Bonchev–Trinajstić information content (AvgIpc) is 3.22. The van der Waals surface area contributed by atoms with Gasteiger partial charge >= 0.3 is 0 Å². The second-order valence-corrected chi connectivity index (χ2v) is 6.84. The minimum absolute atomic E-state index is 0.0227. The maximum Gasteiger partial charge on any atom is 0.257 e. The van der Waals surface area contributed by atoms with E-state index in [1.54, 1.807) is 23.4 Å². The molecule has 2 atom stereocenters. The molecule has 3 heterocycles. The molecular weight excluding hydrogens is 294 g/mol. The molecular formula is C17H21N3O3. The smallest absolute Gasteiger partial charge is 0.257 e. The monoisotopic (exact) mass is 315 g/mol. The van der Waals surface area contributed by atoms with Gasteiger partial charge in [-0.05, 0) is 24.8 Å². The number of aromatic nitrogens is 1. The fraction of sp³-hybridized carbons (Fsp3) is 0.588. The molecule has 0 N–H and O–H groups in total. The van der Waals surface area contributed by atoms with E-state index in [1.807, 2.05) is 4.90 Å². The zero-order valence-electron chi connectivity index (χ0n) is 13.3. The highest BCUT2D eigenvalue weighted by Crippen LogP contribution is 2.37. The highest BCUT2D eigenvalue weighted by atomic mass is 16.5. The third-order valence-electron chi connectivity index (χ3n) is 5.22. The average molecular weight is 315 g/mol. The van der Waals surface area contributed by atoms with E-state index in [-0.39, 0.29) is 23.7 Å². The minimum Gasteiger partial charge on any atom is -0.494 e. The Labute approximate surface area is 135 Å². The van der Waals surface area contributed by atoms with E-state index in [2.05, 4.69) is 4.98 Å². The van der Waals surface area contributed by atoms with Crippen molar-refractivity contribution in [2.75, 3.05) is 33.3 Å². The SMILES string of the molecule is COc1cnccc1C(=O)N1C[C@H]2CN(CC3CC3)C(=O)[C@H]2C1. The number of pyridine rings is 1. The molecule has 4 rings (SSSR count). The first-order chi connectivity index (χ1) is 11.2. The number of carbonyl (C=O) groups excluding carboxylic acids is 2. The number of likely N-dealkylation sites (tertiary alicyclic amines) is 2. The Morgan fingerprint density at radius 3 is 2.87 bits per heavy atom. The van der Waals surface area contributed by atoms with Gasteiger partial charge in [-0.3, -0.25) is 14.6 Å². The number of hydrogen-bond donors (Lipinski definition) is 0. The Morgan fingerprint density at radius 1 is 1.35 bits per heavy atom. The van der Waals surface area contributed by atoms with Crippen LogP contribution in [0.25, 0.3) is 0 Å². The van der Waals surface area contributed by atoms with Crippen molar-refractivity contribution in [3.63, 3.8) is 0 Å². The standard InChI is InChI=1S/C17H21N3O3/c1-23-15-6-18-5-4-13(15)16(21)20-9-12-8-19(7-11-2-3-11)17(22)14(12)10-20/h4-6,11-12,14H,2-3,7-10H2,1H3/t12-,14+/m1/s1. The molecule has 122 valence electrons. The lowest BCUT2D eigenvalue weighted by atomic mass is 10.0. The van der Waals surface area contributed by atoms with Crippen LogP contribution in [-0.2, 0) is 4.79 Å². The summed E-state index contributed by atoms with van der Waals surface area (Å²) in [6.07, 6.45) is 5.65. The molecule has 3 fully saturated rings. The predicted molar refractivity (Wildman–Crippen MR) is 83.0 cm³/mol. The maximum absolute atomic E-state index is 12.7. The Bertz CT molecular complexity index is 644. The third-order valence-corrected chi connectivity index (χ3v) is 5.22. The molecule has 0 radical (unpaired) electrons. The van der Waals surface area contributed by atoms with Crippen LogP contribution in [0.3, 0.4) is 0 Å². The zero-order chi connectivity index (χ0) is 16.0. The summed E-state index contributed by atoms with van der Waals surface area (Å²) in [4.78, 5) is 33.0. The van der Waals surface area contributed by atoms with Crippen molar-refractivity contribution in [3.8, 4) is 5.75 Å². The first-order valence-electron chi connectivity index (χ1n) is 8.23. The summed E-state index contributed by atoms with van der Waals surface area (Å²) in [5.74, 6) is 1.62. The zero-order valence-corrected chi connectivity index (χ0v) is 13.3. The molecule has 6 heteroatoms. The molecule has 2 saturated heterocycles. The number of rotatable bonds is 4. The van der Waals surface area contributed by atoms with Crippen LogP contribution in [0.15, 0.2) is 18.5 Å². The topological polar surface area (TPSA) is 62.7 Å². The van der Waals surface area contributed by atoms with E-state index >= 15 is 0 Å². The largest absolute Gasteiger partial charge is 0.494 e. The van der Waals surface area contributed by atoms with E-state index in [9.17, 15) is 9.59 Å². The van der Waals surface area contributed by atoms with Gasteiger partial charge in [0.1, 0.15) is 5.75 Å². The van der Waals surface area contributed by atoms with E-state index in [1.165, 1.54) is 20.0 Å². The molecule has 1 aromatic heterocycles. The van der Waals surface area contributed by atoms with Crippen LogP contribution >= 0.6 is 0 Å². The minimum atomic E-state index is -0.0693. The van der Waals surface area contributed by atoms with Crippen LogP contribution in [-0.4, -0.2) is 59.9 Å². The Hall–Kier alpha value is -2.11. The van der Waals surface area contributed by atoms with Crippen LogP contribution in [0.1, 0.15) is 23.2 Å². The van der Waals surface area contributed by atoms with Gasteiger partial charge in [0.2, 0.25) is 5.91 Å². The van der Waals surface area contributed by atoms with E-state index in [0.29, 0.717) is 24.4 Å². The number of ether oxygens (including phenoxy) is 1. The van der Waals surface area contributed by atoms with Crippen molar-refractivity contribution in [3.05, 3.63) is 24.0 Å². The molecule has 23 heavy (non-hydrogen) atoms. The van der Waals surface area contributed by atoms with Crippen molar-refractivity contribution < 1.29 is 14.3 Å². The number of hydrogen-bond acceptors (Lipinski definition) is 4. The lowest BCUT2D eigenvalue weighted by Crippen LogP contribution is -2.36. The van der Waals surface area contributed by atoms with Gasteiger partial charge in [0.05, 0.1) is 24.8 Å². The van der Waals surface area contributed by atoms with Crippen molar-refractivity contribution in [1.82, 2.24) is 14.8 Å². The van der Waals surface area contributed by atoms with Gasteiger partial charge in [0.25, 0.3) is 5.91 Å². The Morgan fingerprint density at radius 2 is 2.17 bits per heavy atom. The number of nitrogens with zero attached hydrogens (tertiary/aromatic N) is 3. The maximum atomic E-state index is 12.7. The van der Waals surface area contributed by atoms with Crippen molar-refractivity contribution in [2.45, 2.75) is 12.8 Å². The van der Waals surface area contributed by atoms with Crippen molar-refractivity contribution in [2.24, 2.45) is 17.8 Å². The summed E-state index contributed by atoms with van der Waals surface area (Å²) in [5, 5.41) is 0. The summed E-state index contributed by atoms with van der Waals surface area (Å²) >= 11 is 0. The molecule has 1 saturated carbocycles. The lowest BCUT2D eigenvalue weighted by Gasteiger charge is -2.22. The number of methoxy groups -OCH3 is 1. The fourth-order valence-corrected chi connectivity index (χ4v) is 3.78. The van der Waals surface area contributed by atoms with Crippen LogP contribution < -0.4 is 4.74 Å². The van der Waals surface area contributed by atoms with Gasteiger partial charge in [-0.1, -0.05) is 0 Å². The van der Waals surface area contributed by atoms with E-state index < -0.39 is 0 Å². The number of fused-ring (bicyclic) bond motifs is 1. The summed E-state index contributed by atoms with van der Waals surface area (Å²) in [6, 6.07) is 1.68. The summed E-state index contributed by atoms with van der Waals surface area (Å²) in [7, 11) is 1.53. The normalized spacial score (nSPS) is 26.6. The van der Waals surface area contributed by atoms with Crippen LogP contribution in [0.4, 0.5) is 0 Å². The van der Waals surface area contributed by atoms with Gasteiger partial charge < -0.3 is 14.5 Å². The Kier molecular flexibility index (Phi) is 3.47. The third kappa shape index (κ3) is 2.56. The fourth-order valence-electron chi connectivity index (χ4n) is 3.78. The van der Waals surface area contributed by atoms with Gasteiger partial charge in [-0.25, -0.2) is 0 Å². The molecule has 1 aliphatic carbocycles. The summed E-state index contributed by atoms with van der Waals surface area (Å²) in [6.45, 7) is 2.89. The van der Waals surface area contributed by atoms with Crippen LogP contribution in [0.2, 0.25) is 0 Å². The van der Waals surface area contributed by atoms with Gasteiger partial charge in [0.15, 0.2) is 0 Å². The van der Waals surface area contributed by atoms with Crippen molar-refractivity contribution >= 4 is 11.8 Å². The molecule has 6 nitrogen and oxygen atoms in total. The highest BCUT2D eigenvalue weighted by molar-refractivity contribution is 5.97. The molecule has 0 spiro atoms. The second kappa shape index (κ2) is 5.51. The molecule has 0 unspecified atom stereocenters. The lowest BCUT2D eigenvalue weighted by molar-refractivity contribution is -0.131. The van der Waals surface area contributed by atoms with Crippen LogP contribution in [0, 0.1) is 17.8 Å². The molecule has 0 bridgehead atoms. The predicted octanol–water partition coefficient (Wildman–Crippen LogP) is 1.03. The Balaban J connectivity index is 1.45. The highest BCUT2D eigenvalue weighted by Gasteiger charge is 2.48. The van der Waals surface area contributed by atoms with E-state index in [0.717, 1.165) is 19.0 Å². The second-order valence-electron chi connectivity index (χ2n) is 6.84. The van der Waals surface area contributed by atoms with Gasteiger partial charge in [-0.2, -0.15) is 0 Å². The summed E-state index contributed by atoms with van der Waals surface area (Å²) in [5.41, 5.74) is 0.518. The number of amides is 2. The molecule has 2 amide bonds. The molecule has 1 aromatic rings. The first kappa shape index (κ1) is 14.5. The molecule has 2 aliphatic heterocycles. The van der Waals surface area contributed by atoms with E-state index in [4.69, 9.17) is 4.74 Å². The van der Waals surface area contributed by atoms with Crippen LogP contribution in [0.5, 0.6) is 5.75 Å². The number of carbonyl (C=O) groups is 2. The van der Waals surface area contributed by atoms with Gasteiger partial charge in [-0.15, -0.1) is 0 Å². The summed E-state index contributed by atoms with van der Waals surface area (Å²) < 4.78 is 5.22. The first-order valence-corrected chi connectivity index (χ1v) is 8.23. The van der Waals surface area contributed by atoms with Gasteiger partial charge in [0, 0.05) is 38.3 Å². The quantitative estimate of drug-likeness (QED) is 0.832. The molecule has 3 aliphatic rings. The van der Waals surface area contributed by atoms with Crippen molar-refractivity contribution in [1.29, 1.82) is 0 Å².